The predicted molar refractivity (Wildman–Crippen MR) is 81.6 cm³/mol. The molecule has 3 nitrogen and oxygen atoms in total. The first-order valence-electron chi connectivity index (χ1n) is 7.43. The second-order valence-corrected chi connectivity index (χ2v) is 6.42. The van der Waals surface area contributed by atoms with Gasteiger partial charge in [0.25, 0.3) is 0 Å². The van der Waals surface area contributed by atoms with Crippen LogP contribution in [-0.4, -0.2) is 24.6 Å². The molecular formula is C16H27N3. The molecule has 0 bridgehead atoms. The first-order chi connectivity index (χ1) is 9.02. The van der Waals surface area contributed by atoms with E-state index in [4.69, 9.17) is 0 Å². The van der Waals surface area contributed by atoms with Crippen LogP contribution in [0.25, 0.3) is 0 Å². The van der Waals surface area contributed by atoms with Crippen molar-refractivity contribution in [1.82, 2.24) is 10.3 Å². The fraction of sp³-hybridized carbons (Fsp3) is 0.688. The van der Waals surface area contributed by atoms with Crippen LogP contribution < -0.4 is 10.2 Å². The average molecular weight is 261 g/mol. The highest BCUT2D eigenvalue weighted by molar-refractivity contribution is 5.54. The summed E-state index contributed by atoms with van der Waals surface area (Å²) in [5, 5.41) is 3.42. The largest absolute Gasteiger partial charge is 0.371 e. The highest BCUT2D eigenvalue weighted by Crippen LogP contribution is 2.33. The maximum absolute atomic E-state index is 4.46. The Kier molecular flexibility index (Phi) is 4.46. The van der Waals surface area contributed by atoms with Crippen LogP contribution in [0.3, 0.4) is 0 Å². The molecule has 3 heteroatoms. The van der Waals surface area contributed by atoms with Gasteiger partial charge in [-0.25, -0.2) is 0 Å². The van der Waals surface area contributed by atoms with Gasteiger partial charge in [-0.1, -0.05) is 20.8 Å². The molecule has 106 valence electrons. The Labute approximate surface area is 117 Å². The van der Waals surface area contributed by atoms with Crippen molar-refractivity contribution in [2.24, 2.45) is 5.41 Å². The van der Waals surface area contributed by atoms with Crippen molar-refractivity contribution in [3.05, 3.63) is 23.5 Å². The monoisotopic (exact) mass is 261 g/mol. The van der Waals surface area contributed by atoms with Crippen molar-refractivity contribution in [2.45, 2.75) is 47.1 Å². The number of anilines is 1. The van der Waals surface area contributed by atoms with E-state index in [0.717, 1.165) is 25.3 Å². The van der Waals surface area contributed by atoms with Gasteiger partial charge in [0.2, 0.25) is 0 Å². The van der Waals surface area contributed by atoms with Crippen molar-refractivity contribution in [2.75, 3.05) is 24.5 Å². The molecule has 0 spiro atoms. The number of aromatic nitrogens is 1. The molecule has 0 amide bonds. The Balaban J connectivity index is 2.23. The Morgan fingerprint density at radius 2 is 2.21 bits per heavy atom. The third-order valence-electron chi connectivity index (χ3n) is 3.91. The van der Waals surface area contributed by atoms with Crippen LogP contribution in [0.15, 0.2) is 12.3 Å². The number of piperidine rings is 1. The van der Waals surface area contributed by atoms with Gasteiger partial charge in [0, 0.05) is 42.8 Å². The maximum Gasteiger partial charge on any atom is 0.0445 e. The lowest BCUT2D eigenvalue weighted by atomic mass is 9.84. The van der Waals surface area contributed by atoms with Gasteiger partial charge in [0.05, 0.1) is 0 Å². The molecule has 0 saturated carbocycles. The predicted octanol–water partition coefficient (Wildman–Crippen LogP) is 3.13. The molecule has 1 fully saturated rings. The lowest BCUT2D eigenvalue weighted by Crippen LogP contribution is -2.40. The van der Waals surface area contributed by atoms with E-state index < -0.39 is 0 Å². The molecule has 1 N–H and O–H groups in total. The Morgan fingerprint density at radius 1 is 1.42 bits per heavy atom. The van der Waals surface area contributed by atoms with Crippen LogP contribution >= 0.6 is 0 Å². The highest BCUT2D eigenvalue weighted by Gasteiger charge is 2.27. The van der Waals surface area contributed by atoms with E-state index in [0.29, 0.717) is 5.41 Å². The molecule has 0 unspecified atom stereocenters. The summed E-state index contributed by atoms with van der Waals surface area (Å²) >= 11 is 0. The molecule has 1 saturated heterocycles. The zero-order chi connectivity index (χ0) is 13.9. The van der Waals surface area contributed by atoms with Gasteiger partial charge in [-0.05, 0) is 37.8 Å². The lowest BCUT2D eigenvalue weighted by molar-refractivity contribution is 0.292. The van der Waals surface area contributed by atoms with Crippen LogP contribution in [-0.2, 0) is 6.54 Å². The Hall–Kier alpha value is -1.09. The van der Waals surface area contributed by atoms with Crippen molar-refractivity contribution in [3.8, 4) is 0 Å². The molecule has 0 atom stereocenters. The standard InChI is InChI=1S/C16H27N3/c1-5-17-10-14-11-18-13(2)9-15(14)19-8-6-7-16(3,4)12-19/h9,11,17H,5-8,10,12H2,1-4H3. The molecule has 1 aromatic heterocycles. The van der Waals surface area contributed by atoms with Crippen molar-refractivity contribution >= 4 is 5.69 Å². The summed E-state index contributed by atoms with van der Waals surface area (Å²) in [5.74, 6) is 0. The third-order valence-corrected chi connectivity index (χ3v) is 3.91. The molecule has 0 aliphatic carbocycles. The molecule has 2 heterocycles. The molecule has 19 heavy (non-hydrogen) atoms. The van der Waals surface area contributed by atoms with Crippen LogP contribution in [0, 0.1) is 12.3 Å². The summed E-state index contributed by atoms with van der Waals surface area (Å²) < 4.78 is 0. The number of rotatable bonds is 4. The van der Waals surface area contributed by atoms with Gasteiger partial charge in [0.1, 0.15) is 0 Å². The smallest absolute Gasteiger partial charge is 0.0445 e. The number of nitrogens with zero attached hydrogens (tertiary/aromatic N) is 2. The second kappa shape index (κ2) is 5.91. The van der Waals surface area contributed by atoms with E-state index in [2.05, 4.69) is 49.0 Å². The number of pyridine rings is 1. The average Bonchev–Trinajstić information content (AvgIpc) is 2.36. The third kappa shape index (κ3) is 3.69. The minimum Gasteiger partial charge on any atom is -0.371 e. The summed E-state index contributed by atoms with van der Waals surface area (Å²) in [6.45, 7) is 13.2. The second-order valence-electron chi connectivity index (χ2n) is 6.42. The van der Waals surface area contributed by atoms with Crippen LogP contribution in [0.2, 0.25) is 0 Å². The molecule has 1 aliphatic heterocycles. The van der Waals surface area contributed by atoms with Gasteiger partial charge >= 0.3 is 0 Å². The quantitative estimate of drug-likeness (QED) is 0.902. The topological polar surface area (TPSA) is 28.2 Å². The summed E-state index contributed by atoms with van der Waals surface area (Å²) in [6.07, 6.45) is 4.65. The molecular weight excluding hydrogens is 234 g/mol. The van der Waals surface area contributed by atoms with E-state index in [1.165, 1.54) is 30.6 Å². The lowest BCUT2D eigenvalue weighted by Gasteiger charge is -2.40. The van der Waals surface area contributed by atoms with E-state index in [-0.39, 0.29) is 0 Å². The summed E-state index contributed by atoms with van der Waals surface area (Å²) in [6, 6.07) is 2.24. The van der Waals surface area contributed by atoms with Gasteiger partial charge in [0.15, 0.2) is 0 Å². The van der Waals surface area contributed by atoms with Gasteiger partial charge in [-0.15, -0.1) is 0 Å². The normalized spacial score (nSPS) is 18.6. The fourth-order valence-corrected chi connectivity index (χ4v) is 2.89. The van der Waals surface area contributed by atoms with E-state index in [1.807, 2.05) is 6.20 Å². The van der Waals surface area contributed by atoms with E-state index >= 15 is 0 Å². The van der Waals surface area contributed by atoms with Gasteiger partial charge < -0.3 is 10.2 Å². The molecule has 0 aromatic carbocycles. The number of aryl methyl sites for hydroxylation is 1. The highest BCUT2D eigenvalue weighted by atomic mass is 15.1. The van der Waals surface area contributed by atoms with Crippen molar-refractivity contribution in [1.29, 1.82) is 0 Å². The molecule has 1 aromatic rings. The zero-order valence-electron chi connectivity index (χ0n) is 12.8. The molecule has 2 rings (SSSR count). The minimum absolute atomic E-state index is 0.422. The van der Waals surface area contributed by atoms with Gasteiger partial charge in [-0.2, -0.15) is 0 Å². The SMILES string of the molecule is CCNCc1cnc(C)cc1N1CCCC(C)(C)C1. The molecule has 0 radical (unpaired) electrons. The van der Waals surface area contributed by atoms with E-state index in [1.54, 1.807) is 0 Å². The maximum atomic E-state index is 4.46. The fourth-order valence-electron chi connectivity index (χ4n) is 2.89. The minimum atomic E-state index is 0.422. The number of nitrogens with one attached hydrogen (secondary N) is 1. The van der Waals surface area contributed by atoms with Crippen LogP contribution in [0.5, 0.6) is 0 Å². The van der Waals surface area contributed by atoms with Crippen molar-refractivity contribution < 1.29 is 0 Å². The Morgan fingerprint density at radius 3 is 2.89 bits per heavy atom. The first-order valence-corrected chi connectivity index (χ1v) is 7.43. The zero-order valence-corrected chi connectivity index (χ0v) is 12.8. The summed E-state index contributed by atoms with van der Waals surface area (Å²) in [5.41, 5.74) is 4.23. The van der Waals surface area contributed by atoms with E-state index in [9.17, 15) is 0 Å². The number of hydrogen-bond acceptors (Lipinski definition) is 3. The van der Waals surface area contributed by atoms with Crippen LogP contribution in [0.1, 0.15) is 44.9 Å². The van der Waals surface area contributed by atoms with Crippen molar-refractivity contribution in [3.63, 3.8) is 0 Å². The first kappa shape index (κ1) is 14.3. The molecule has 1 aliphatic rings. The summed E-state index contributed by atoms with van der Waals surface area (Å²) in [4.78, 5) is 7.00. The number of hydrogen-bond donors (Lipinski definition) is 1. The van der Waals surface area contributed by atoms with Crippen LogP contribution in [0.4, 0.5) is 5.69 Å². The summed E-state index contributed by atoms with van der Waals surface area (Å²) in [7, 11) is 0. The Bertz CT molecular complexity index is 426. The van der Waals surface area contributed by atoms with Gasteiger partial charge in [-0.3, -0.25) is 4.98 Å².